The lowest BCUT2D eigenvalue weighted by molar-refractivity contribution is -0.120. The minimum Gasteiger partial charge on any atom is -0.439 e. The monoisotopic (exact) mass is 616 g/mol. The van der Waals surface area contributed by atoms with Crippen molar-refractivity contribution >= 4 is 23.6 Å². The van der Waals surface area contributed by atoms with Gasteiger partial charge in [0.25, 0.3) is 5.91 Å². The first kappa shape index (κ1) is 36.6. The van der Waals surface area contributed by atoms with Crippen LogP contribution in [0.1, 0.15) is 40.5 Å². The maximum atomic E-state index is 13.7. The molecule has 2 aliphatic rings. The predicted molar refractivity (Wildman–Crippen MR) is 166 cm³/mol. The third-order valence-electron chi connectivity index (χ3n) is 7.65. The first-order valence-corrected chi connectivity index (χ1v) is 14.7. The number of ketones is 2. The molecular formula is C32H48N4O8. The van der Waals surface area contributed by atoms with E-state index in [2.05, 4.69) is 10.6 Å². The molecule has 2 rings (SSSR count). The fourth-order valence-corrected chi connectivity index (χ4v) is 5.18. The van der Waals surface area contributed by atoms with Crippen LogP contribution in [0.4, 0.5) is 4.79 Å². The number of hydrogen-bond donors (Lipinski definition) is 4. The highest BCUT2D eigenvalue weighted by Crippen LogP contribution is 2.28. The second-order valence-corrected chi connectivity index (χ2v) is 11.7. The van der Waals surface area contributed by atoms with Gasteiger partial charge in [-0.15, -0.1) is 0 Å². The topological polar surface area (TPSA) is 170 Å². The number of nitrogens with one attached hydrogen (secondary N) is 2. The van der Waals surface area contributed by atoms with E-state index in [1.54, 1.807) is 32.1 Å². The lowest BCUT2D eigenvalue weighted by atomic mass is 9.85. The number of amides is 2. The van der Waals surface area contributed by atoms with Gasteiger partial charge < -0.3 is 40.6 Å². The molecule has 0 aromatic heterocycles. The third kappa shape index (κ3) is 10.3. The van der Waals surface area contributed by atoms with Crippen LogP contribution in [-0.2, 0) is 28.6 Å². The molecule has 1 heterocycles. The first-order chi connectivity index (χ1) is 20.7. The summed E-state index contributed by atoms with van der Waals surface area (Å²) in [7, 11) is 6.74. The Morgan fingerprint density at radius 2 is 1.84 bits per heavy atom. The Kier molecular flexibility index (Phi) is 14.2. The normalized spacial score (nSPS) is 31.0. The number of primary amides is 1. The Morgan fingerprint density at radius 3 is 2.43 bits per heavy atom. The molecule has 44 heavy (non-hydrogen) atoms. The van der Waals surface area contributed by atoms with Gasteiger partial charge in [-0.05, 0) is 52.3 Å². The predicted octanol–water partition coefficient (Wildman–Crippen LogP) is 1.91. The molecule has 1 aliphatic heterocycles. The molecule has 5 N–H and O–H groups in total. The fraction of sp³-hybridized carbons (Fsp3) is 0.562. The average molecular weight is 617 g/mol. The smallest absolute Gasteiger partial charge is 0.405 e. The highest BCUT2D eigenvalue weighted by Gasteiger charge is 2.33. The summed E-state index contributed by atoms with van der Waals surface area (Å²) in [6.07, 6.45) is 3.88. The van der Waals surface area contributed by atoms with E-state index in [0.717, 1.165) is 6.08 Å². The van der Waals surface area contributed by atoms with Gasteiger partial charge in [0, 0.05) is 50.4 Å². The highest BCUT2D eigenvalue weighted by atomic mass is 16.6. The molecule has 0 fully saturated rings. The molecule has 2 amide bonds. The van der Waals surface area contributed by atoms with E-state index in [4.69, 9.17) is 19.9 Å². The molecular weight excluding hydrogens is 568 g/mol. The number of methoxy groups -OCH3 is 2. The van der Waals surface area contributed by atoms with Gasteiger partial charge in [0.2, 0.25) is 11.6 Å². The molecule has 6 atom stereocenters. The summed E-state index contributed by atoms with van der Waals surface area (Å²) in [5.41, 5.74) is 6.55. The Balaban J connectivity index is 2.60. The summed E-state index contributed by atoms with van der Waals surface area (Å²) < 4.78 is 16.6. The van der Waals surface area contributed by atoms with Crippen molar-refractivity contribution < 1.29 is 38.5 Å². The van der Waals surface area contributed by atoms with Crippen LogP contribution in [0.3, 0.4) is 0 Å². The second kappa shape index (κ2) is 17.0. The number of aliphatic hydroxyl groups is 1. The van der Waals surface area contributed by atoms with Gasteiger partial charge in [-0.1, -0.05) is 38.2 Å². The van der Waals surface area contributed by atoms with Crippen molar-refractivity contribution in [1.82, 2.24) is 15.5 Å². The number of nitrogens with zero attached hydrogens (tertiary/aromatic N) is 1. The Bertz CT molecular complexity index is 1230. The quantitative estimate of drug-likeness (QED) is 0.245. The van der Waals surface area contributed by atoms with Gasteiger partial charge in [-0.3, -0.25) is 14.4 Å². The van der Waals surface area contributed by atoms with E-state index in [9.17, 15) is 24.3 Å². The van der Waals surface area contributed by atoms with Crippen LogP contribution in [0, 0.1) is 11.8 Å². The zero-order valence-corrected chi connectivity index (χ0v) is 27.0. The number of ether oxygens (including phenoxy) is 3. The number of Topliss-reactive ketones (excluding diaryl/α,β-unsaturated/α-hetero) is 1. The van der Waals surface area contributed by atoms with E-state index in [-0.39, 0.29) is 34.9 Å². The van der Waals surface area contributed by atoms with Gasteiger partial charge in [-0.2, -0.15) is 0 Å². The largest absolute Gasteiger partial charge is 0.439 e. The lowest BCUT2D eigenvalue weighted by Crippen LogP contribution is -2.38. The summed E-state index contributed by atoms with van der Waals surface area (Å²) in [5.74, 6) is -2.06. The highest BCUT2D eigenvalue weighted by molar-refractivity contribution is 6.23. The maximum Gasteiger partial charge on any atom is 0.405 e. The minimum absolute atomic E-state index is 0.114. The fourth-order valence-electron chi connectivity index (χ4n) is 5.18. The SMILES string of the molecule is CO[C@H]1C[C@@H](C)CC2=C(NCCN(C)C)C(=O)C=C(NC(=O)/C(C)=C/C=C\[C@@H](OC)[C@H](OC(N)=O)/C(C)=C/[C@H](C)[C@H]1O)C2=O. The van der Waals surface area contributed by atoms with Crippen LogP contribution in [0.5, 0.6) is 0 Å². The minimum atomic E-state index is -0.997. The van der Waals surface area contributed by atoms with E-state index < -0.39 is 53.9 Å². The van der Waals surface area contributed by atoms with Crippen LogP contribution < -0.4 is 16.4 Å². The van der Waals surface area contributed by atoms with E-state index >= 15 is 0 Å². The number of carbonyl (C=O) groups is 4. The number of likely N-dealkylation sites (N-methyl/N-ethyl adjacent to an activating group) is 1. The zero-order chi connectivity index (χ0) is 33.1. The van der Waals surface area contributed by atoms with E-state index in [1.807, 2.05) is 32.8 Å². The molecule has 0 saturated heterocycles. The molecule has 12 heteroatoms. The van der Waals surface area contributed by atoms with Crippen LogP contribution >= 0.6 is 0 Å². The number of carbonyl (C=O) groups excluding carboxylic acids is 4. The van der Waals surface area contributed by atoms with Gasteiger partial charge in [-0.25, -0.2) is 4.79 Å². The summed E-state index contributed by atoms with van der Waals surface area (Å²) in [6.45, 7) is 8.09. The number of aliphatic hydroxyl groups excluding tert-OH is 1. The molecule has 2 bridgehead atoms. The Morgan fingerprint density at radius 1 is 1.16 bits per heavy atom. The van der Waals surface area contributed by atoms with E-state index in [1.165, 1.54) is 20.3 Å². The van der Waals surface area contributed by atoms with Gasteiger partial charge in [0.1, 0.15) is 6.10 Å². The number of fused-ring (bicyclic) bond motifs is 2. The summed E-state index contributed by atoms with van der Waals surface area (Å²) in [6, 6.07) is 0. The van der Waals surface area contributed by atoms with Crippen LogP contribution in [0.25, 0.3) is 0 Å². The van der Waals surface area contributed by atoms with Gasteiger partial charge >= 0.3 is 6.09 Å². The van der Waals surface area contributed by atoms with Crippen molar-refractivity contribution in [2.45, 2.75) is 65.0 Å². The second-order valence-electron chi connectivity index (χ2n) is 11.7. The van der Waals surface area contributed by atoms with E-state index in [0.29, 0.717) is 25.1 Å². The molecule has 1 aliphatic carbocycles. The van der Waals surface area contributed by atoms with Crippen molar-refractivity contribution in [2.24, 2.45) is 17.6 Å². The van der Waals surface area contributed by atoms with Crippen molar-refractivity contribution in [1.29, 1.82) is 0 Å². The molecule has 12 nitrogen and oxygen atoms in total. The summed E-state index contributed by atoms with van der Waals surface area (Å²) in [4.78, 5) is 53.7. The average Bonchev–Trinajstić information content (AvgIpc) is 2.95. The van der Waals surface area contributed by atoms with Crippen molar-refractivity contribution in [3.8, 4) is 0 Å². The third-order valence-corrected chi connectivity index (χ3v) is 7.65. The van der Waals surface area contributed by atoms with Crippen molar-refractivity contribution in [3.63, 3.8) is 0 Å². The molecule has 0 saturated carbocycles. The lowest BCUT2D eigenvalue weighted by Gasteiger charge is -2.30. The molecule has 0 aromatic rings. The maximum absolute atomic E-state index is 13.7. The first-order valence-electron chi connectivity index (χ1n) is 14.7. The number of rotatable bonds is 7. The summed E-state index contributed by atoms with van der Waals surface area (Å²) in [5, 5.41) is 17.0. The zero-order valence-electron chi connectivity index (χ0n) is 27.0. The molecule has 0 spiro atoms. The number of allylic oxidation sites excluding steroid dienone is 4. The molecule has 0 aromatic carbocycles. The molecule has 0 unspecified atom stereocenters. The van der Waals surface area contributed by atoms with Crippen LogP contribution in [0.2, 0.25) is 0 Å². The number of hydrogen-bond acceptors (Lipinski definition) is 10. The van der Waals surface area contributed by atoms with Crippen molar-refractivity contribution in [3.05, 3.63) is 58.5 Å². The Hall–Kier alpha value is -3.58. The van der Waals surface area contributed by atoms with Gasteiger partial charge in [0.15, 0.2) is 6.10 Å². The van der Waals surface area contributed by atoms with Crippen LogP contribution in [0.15, 0.2) is 58.5 Å². The number of nitrogens with two attached hydrogens (primary N) is 1. The molecule has 0 radical (unpaired) electrons. The Labute approximate surface area is 260 Å². The van der Waals surface area contributed by atoms with Crippen LogP contribution in [-0.4, -0.2) is 99.4 Å². The summed E-state index contributed by atoms with van der Waals surface area (Å²) >= 11 is 0. The van der Waals surface area contributed by atoms with Crippen molar-refractivity contribution in [2.75, 3.05) is 41.4 Å². The standard InChI is InChI=1S/C32H48N4O8/c1-18-14-22-27(34-12-13-36(5)6)24(37)17-23(29(22)39)35-31(40)19(2)10-9-11-25(42-7)30(44-32(33)41)21(4)16-20(3)28(38)26(15-18)43-8/h9-11,16-18,20,25-26,28,30,34,38H,12-15H2,1-8H3,(H2,33,41)(H,35,40)/b11-9-,19-10+,21-16+/t18-,20-,25+,26-,28+,30+/m0/s1. The molecule has 244 valence electrons. The van der Waals surface area contributed by atoms with Gasteiger partial charge in [0.05, 0.1) is 23.6 Å².